The predicted octanol–water partition coefficient (Wildman–Crippen LogP) is 2.21. The first kappa shape index (κ1) is 15.0. The van der Waals surface area contributed by atoms with E-state index in [1.807, 2.05) is 0 Å². The van der Waals surface area contributed by atoms with Crippen molar-refractivity contribution >= 4 is 15.7 Å². The molecule has 0 radical (unpaired) electrons. The monoisotopic (exact) mass is 309 g/mol. The van der Waals surface area contributed by atoms with Gasteiger partial charge in [-0.15, -0.1) is 0 Å². The lowest BCUT2D eigenvalue weighted by Gasteiger charge is -2.13. The molecule has 2 N–H and O–H groups in total. The Labute approximate surface area is 123 Å². The second kappa shape index (κ2) is 5.92. The number of benzene rings is 2. The van der Waals surface area contributed by atoms with E-state index in [9.17, 15) is 13.5 Å². The molecule has 2 aromatic rings. The van der Waals surface area contributed by atoms with Crippen LogP contribution < -0.4 is 14.2 Å². The van der Waals surface area contributed by atoms with Crippen molar-refractivity contribution in [1.29, 1.82) is 0 Å². The topological polar surface area (TPSA) is 84.9 Å². The molecular weight excluding hydrogens is 294 g/mol. The average molecular weight is 309 g/mol. The van der Waals surface area contributed by atoms with Gasteiger partial charge in [0.2, 0.25) is 0 Å². The van der Waals surface area contributed by atoms with Crippen molar-refractivity contribution in [3.05, 3.63) is 42.5 Å². The number of sulfonamides is 1. The van der Waals surface area contributed by atoms with Crippen LogP contribution in [0.15, 0.2) is 47.4 Å². The Balaban J connectivity index is 2.38. The van der Waals surface area contributed by atoms with Crippen LogP contribution in [0.25, 0.3) is 0 Å². The van der Waals surface area contributed by atoms with E-state index in [0.29, 0.717) is 11.5 Å². The number of hydrogen-bond acceptors (Lipinski definition) is 5. The van der Waals surface area contributed by atoms with E-state index in [4.69, 9.17) is 9.47 Å². The Bertz CT molecular complexity index is 726. The van der Waals surface area contributed by atoms with E-state index in [2.05, 4.69) is 4.72 Å². The van der Waals surface area contributed by atoms with Gasteiger partial charge in [-0.05, 0) is 36.4 Å². The maximum absolute atomic E-state index is 12.3. The second-order valence-electron chi connectivity index (χ2n) is 4.17. The summed E-state index contributed by atoms with van der Waals surface area (Å²) in [6.45, 7) is 0. The van der Waals surface area contributed by atoms with Gasteiger partial charge in [-0.2, -0.15) is 0 Å². The lowest BCUT2D eigenvalue weighted by atomic mass is 10.3. The normalized spacial score (nSPS) is 11.0. The lowest BCUT2D eigenvalue weighted by Crippen LogP contribution is -2.13. The minimum Gasteiger partial charge on any atom is -0.508 e. The van der Waals surface area contributed by atoms with Crippen molar-refractivity contribution in [2.24, 2.45) is 0 Å². The highest BCUT2D eigenvalue weighted by Crippen LogP contribution is 2.31. The number of nitrogens with one attached hydrogen (secondary N) is 1. The molecule has 0 aliphatic rings. The lowest BCUT2D eigenvalue weighted by molar-refractivity contribution is 0.405. The molecule has 112 valence electrons. The van der Waals surface area contributed by atoms with Crippen molar-refractivity contribution in [1.82, 2.24) is 0 Å². The molecule has 21 heavy (non-hydrogen) atoms. The van der Waals surface area contributed by atoms with Crippen LogP contribution in [-0.2, 0) is 10.0 Å². The summed E-state index contributed by atoms with van der Waals surface area (Å²) in [5, 5.41) is 9.21. The van der Waals surface area contributed by atoms with Crippen molar-refractivity contribution in [2.75, 3.05) is 18.9 Å². The molecule has 0 amide bonds. The maximum atomic E-state index is 12.3. The van der Waals surface area contributed by atoms with E-state index in [1.165, 1.54) is 44.6 Å². The van der Waals surface area contributed by atoms with Gasteiger partial charge in [-0.25, -0.2) is 8.42 Å². The minimum absolute atomic E-state index is 0.00656. The van der Waals surface area contributed by atoms with Crippen molar-refractivity contribution in [2.45, 2.75) is 4.90 Å². The molecule has 0 spiro atoms. The first-order chi connectivity index (χ1) is 9.96. The van der Waals surface area contributed by atoms with Crippen LogP contribution in [0.3, 0.4) is 0 Å². The Morgan fingerprint density at radius 3 is 2.24 bits per heavy atom. The van der Waals surface area contributed by atoms with Crippen molar-refractivity contribution in [3.8, 4) is 17.2 Å². The van der Waals surface area contributed by atoms with Crippen LogP contribution in [0.2, 0.25) is 0 Å². The van der Waals surface area contributed by atoms with Gasteiger partial charge < -0.3 is 14.6 Å². The average Bonchev–Trinajstić information content (AvgIpc) is 2.47. The fourth-order valence-corrected chi connectivity index (χ4v) is 2.78. The van der Waals surface area contributed by atoms with Gasteiger partial charge in [-0.1, -0.05) is 0 Å². The summed E-state index contributed by atoms with van der Waals surface area (Å²) in [6, 6.07) is 10.0. The third-order valence-electron chi connectivity index (χ3n) is 2.80. The molecule has 0 unspecified atom stereocenters. The molecular formula is C14H15NO5S. The van der Waals surface area contributed by atoms with Gasteiger partial charge in [-0.3, -0.25) is 4.72 Å². The largest absolute Gasteiger partial charge is 0.508 e. The fourth-order valence-electron chi connectivity index (χ4n) is 1.72. The maximum Gasteiger partial charge on any atom is 0.262 e. The zero-order chi connectivity index (χ0) is 15.5. The summed E-state index contributed by atoms with van der Waals surface area (Å²) in [5.41, 5.74) is 0.268. The Morgan fingerprint density at radius 2 is 1.67 bits per heavy atom. The zero-order valence-electron chi connectivity index (χ0n) is 11.5. The summed E-state index contributed by atoms with van der Waals surface area (Å²) in [7, 11) is -0.854. The SMILES string of the molecule is COc1ccc(OC)c(NS(=O)(=O)c2ccc(O)cc2)c1. The smallest absolute Gasteiger partial charge is 0.262 e. The Kier molecular flexibility index (Phi) is 4.23. The highest BCUT2D eigenvalue weighted by atomic mass is 32.2. The van der Waals surface area contributed by atoms with Crippen LogP contribution >= 0.6 is 0 Å². The molecule has 0 saturated heterocycles. The predicted molar refractivity (Wildman–Crippen MR) is 78.5 cm³/mol. The molecule has 0 heterocycles. The number of rotatable bonds is 5. The summed E-state index contributed by atoms with van der Waals surface area (Å²) >= 11 is 0. The van der Waals surface area contributed by atoms with Gasteiger partial charge in [0.25, 0.3) is 10.0 Å². The first-order valence-electron chi connectivity index (χ1n) is 6.00. The Hall–Kier alpha value is -2.41. The third-order valence-corrected chi connectivity index (χ3v) is 4.18. The number of hydrogen-bond donors (Lipinski definition) is 2. The van der Waals surface area contributed by atoms with Gasteiger partial charge in [0.15, 0.2) is 0 Å². The number of phenolic OH excluding ortho intramolecular Hbond substituents is 1. The quantitative estimate of drug-likeness (QED) is 0.884. The molecule has 0 aliphatic carbocycles. The highest BCUT2D eigenvalue weighted by Gasteiger charge is 2.17. The van der Waals surface area contributed by atoms with E-state index < -0.39 is 10.0 Å². The van der Waals surface area contributed by atoms with Crippen LogP contribution in [0, 0.1) is 0 Å². The molecule has 2 rings (SSSR count). The molecule has 2 aromatic carbocycles. The van der Waals surface area contributed by atoms with Crippen LogP contribution in [0.1, 0.15) is 0 Å². The molecule has 0 atom stereocenters. The summed E-state index contributed by atoms with van der Waals surface area (Å²) in [6.07, 6.45) is 0. The van der Waals surface area contributed by atoms with E-state index in [1.54, 1.807) is 12.1 Å². The van der Waals surface area contributed by atoms with Gasteiger partial charge in [0.1, 0.15) is 17.2 Å². The van der Waals surface area contributed by atoms with Crippen LogP contribution in [0.4, 0.5) is 5.69 Å². The standard InChI is InChI=1S/C14H15NO5S/c1-19-11-5-8-14(20-2)13(9-11)15-21(17,18)12-6-3-10(16)4-7-12/h3-9,15-16H,1-2H3. The molecule has 0 aliphatic heterocycles. The first-order valence-corrected chi connectivity index (χ1v) is 7.48. The molecule has 0 aromatic heterocycles. The van der Waals surface area contributed by atoms with Gasteiger partial charge in [0, 0.05) is 6.07 Å². The number of aromatic hydroxyl groups is 1. The third kappa shape index (κ3) is 3.38. The van der Waals surface area contributed by atoms with E-state index in [0.717, 1.165) is 0 Å². The Morgan fingerprint density at radius 1 is 1.00 bits per heavy atom. The summed E-state index contributed by atoms with van der Waals surface area (Å²) in [5.74, 6) is 0.866. The van der Waals surface area contributed by atoms with Gasteiger partial charge in [0.05, 0.1) is 24.8 Å². The van der Waals surface area contributed by atoms with Crippen LogP contribution in [0.5, 0.6) is 17.2 Å². The summed E-state index contributed by atoms with van der Waals surface area (Å²) < 4.78 is 37.2. The number of anilines is 1. The number of ether oxygens (including phenoxy) is 2. The summed E-state index contributed by atoms with van der Waals surface area (Å²) in [4.78, 5) is 0.0326. The van der Waals surface area contributed by atoms with Gasteiger partial charge >= 0.3 is 0 Å². The second-order valence-corrected chi connectivity index (χ2v) is 5.85. The molecule has 0 fully saturated rings. The van der Waals surface area contributed by atoms with Crippen LogP contribution in [-0.4, -0.2) is 27.7 Å². The highest BCUT2D eigenvalue weighted by molar-refractivity contribution is 7.92. The van der Waals surface area contributed by atoms with E-state index >= 15 is 0 Å². The zero-order valence-corrected chi connectivity index (χ0v) is 12.3. The van der Waals surface area contributed by atoms with Crippen molar-refractivity contribution in [3.63, 3.8) is 0 Å². The fraction of sp³-hybridized carbons (Fsp3) is 0.143. The number of phenols is 1. The minimum atomic E-state index is -3.78. The molecule has 7 heteroatoms. The molecule has 0 bridgehead atoms. The van der Waals surface area contributed by atoms with Crippen molar-refractivity contribution < 1.29 is 23.0 Å². The van der Waals surface area contributed by atoms with E-state index in [-0.39, 0.29) is 16.3 Å². The molecule has 0 saturated carbocycles. The number of methoxy groups -OCH3 is 2. The molecule has 6 nitrogen and oxygen atoms in total.